The Labute approximate surface area is 637 Å². The van der Waals surface area contributed by atoms with Gasteiger partial charge >= 0.3 is 0 Å². The second-order valence-electron chi connectivity index (χ2n) is 32.0. The lowest BCUT2D eigenvalue weighted by Crippen LogP contribution is -2.14. The first kappa shape index (κ1) is 64.4. The third-order valence-electron chi connectivity index (χ3n) is 25.2. The number of hydrogen-bond donors (Lipinski definition) is 0. The topological polar surface area (TPSA) is 0 Å². The van der Waals surface area contributed by atoms with Gasteiger partial charge in [-0.05, 0) is 238 Å². The van der Waals surface area contributed by atoms with Crippen LogP contribution in [0.3, 0.4) is 0 Å². The molecule has 22 rings (SSSR count). The molecule has 0 aliphatic heterocycles. The van der Waals surface area contributed by atoms with Crippen LogP contribution in [0.4, 0.5) is 0 Å². The van der Waals surface area contributed by atoms with Crippen LogP contribution in [0.2, 0.25) is 0 Å². The molecule has 3 aliphatic carbocycles. The maximum absolute atomic E-state index is 2.47. The van der Waals surface area contributed by atoms with Crippen LogP contribution in [0, 0.1) is 0 Å². The van der Waals surface area contributed by atoms with Crippen LogP contribution in [0.15, 0.2) is 364 Å². The summed E-state index contributed by atoms with van der Waals surface area (Å²) in [6, 6.07) is 136. The van der Waals surface area contributed by atoms with Crippen LogP contribution in [-0.2, 0) is 16.2 Å². The largest absolute Gasteiger partial charge is 0.0619 e. The number of fused-ring (bicyclic) bond motifs is 18. The van der Waals surface area contributed by atoms with Crippen LogP contribution in [0.1, 0.15) is 74.9 Å². The van der Waals surface area contributed by atoms with Gasteiger partial charge < -0.3 is 0 Å². The van der Waals surface area contributed by atoms with E-state index in [9.17, 15) is 0 Å². The Kier molecular flexibility index (Phi) is 14.5. The van der Waals surface area contributed by atoms with Crippen LogP contribution >= 0.6 is 0 Å². The summed E-state index contributed by atoms with van der Waals surface area (Å²) in [5.74, 6) is 0. The van der Waals surface area contributed by atoms with Gasteiger partial charge in [-0.25, -0.2) is 0 Å². The van der Waals surface area contributed by atoms with Crippen molar-refractivity contribution < 1.29 is 0 Å². The highest BCUT2D eigenvalue weighted by atomic mass is 14.4. The zero-order valence-electron chi connectivity index (χ0n) is 62.1. The lowest BCUT2D eigenvalue weighted by Gasteiger charge is -2.23. The van der Waals surface area contributed by atoms with E-state index in [1.807, 2.05) is 0 Å². The molecular formula is C109H78. The summed E-state index contributed by atoms with van der Waals surface area (Å²) < 4.78 is 0. The predicted octanol–water partition coefficient (Wildman–Crippen LogP) is 30.0. The van der Waals surface area contributed by atoms with Crippen molar-refractivity contribution in [3.63, 3.8) is 0 Å². The first-order valence-electron chi connectivity index (χ1n) is 38.6. The van der Waals surface area contributed by atoms with Gasteiger partial charge in [0.05, 0.1) is 0 Å². The Bertz CT molecular complexity index is 6910. The van der Waals surface area contributed by atoms with E-state index in [0.29, 0.717) is 0 Å². The third kappa shape index (κ3) is 9.84. The van der Waals surface area contributed by atoms with Crippen molar-refractivity contribution in [3.8, 4) is 111 Å². The smallest absolute Gasteiger partial charge is 0.0159 e. The van der Waals surface area contributed by atoms with Crippen LogP contribution in [-0.4, -0.2) is 0 Å². The van der Waals surface area contributed by atoms with Crippen molar-refractivity contribution in [2.45, 2.75) is 57.8 Å². The monoisotopic (exact) mass is 1390 g/mol. The second-order valence-corrected chi connectivity index (χ2v) is 32.0. The van der Waals surface area contributed by atoms with E-state index >= 15 is 0 Å². The normalized spacial score (nSPS) is 13.8. The Morgan fingerprint density at radius 1 is 0.138 bits per heavy atom. The molecule has 0 saturated carbocycles. The highest BCUT2D eigenvalue weighted by Crippen LogP contribution is 2.57. The van der Waals surface area contributed by atoms with E-state index in [1.165, 1.54) is 220 Å². The molecule has 109 heavy (non-hydrogen) atoms. The lowest BCUT2D eigenvalue weighted by molar-refractivity contribution is 0.660. The first-order valence-corrected chi connectivity index (χ1v) is 38.6. The highest BCUT2D eigenvalue weighted by molar-refractivity contribution is 6.24. The molecule has 0 heteroatoms. The average Bonchev–Trinajstić information content (AvgIpc) is 1.72. The molecule has 3 aliphatic rings. The summed E-state index contributed by atoms with van der Waals surface area (Å²) in [6.07, 6.45) is 0. The van der Waals surface area contributed by atoms with E-state index in [4.69, 9.17) is 0 Å². The van der Waals surface area contributed by atoms with Crippen molar-refractivity contribution in [1.82, 2.24) is 0 Å². The summed E-state index contributed by atoms with van der Waals surface area (Å²) >= 11 is 0. The molecule has 19 aromatic rings. The van der Waals surface area contributed by atoms with E-state index in [2.05, 4.69) is 406 Å². The van der Waals surface area contributed by atoms with Crippen LogP contribution in [0.25, 0.3) is 187 Å². The second kappa shape index (κ2) is 24.5. The number of hydrogen-bond acceptors (Lipinski definition) is 0. The van der Waals surface area contributed by atoms with Gasteiger partial charge in [-0.15, -0.1) is 0 Å². The van der Waals surface area contributed by atoms with E-state index < -0.39 is 0 Å². The Morgan fingerprint density at radius 2 is 0.431 bits per heavy atom. The van der Waals surface area contributed by atoms with E-state index in [0.717, 1.165) is 0 Å². The zero-order chi connectivity index (χ0) is 73.0. The quantitative estimate of drug-likeness (QED) is 0.140. The molecular weight excluding hydrogens is 1310 g/mol. The SMILES string of the molecule is CC1(C)c2ccc(-c3ccc(-c4c5ccccc5c(-c5ccccc5-c5cccc6ccccc56)c5ccccc45)cc3)cc2-c2c1ccc1ccccc21.CC1(C)c2ccccc2-c2ccc(-c3c4ccccc4c(-c4ccc(-c5ccc6c(c5)-c5c(ccc7ccccc57)C6(C)C)cc4)c4ccccc34)cc21. The molecule has 0 saturated heterocycles. The van der Waals surface area contributed by atoms with Gasteiger partial charge in [-0.1, -0.05) is 387 Å². The molecule has 0 amide bonds. The van der Waals surface area contributed by atoms with Gasteiger partial charge in [0, 0.05) is 16.2 Å². The van der Waals surface area contributed by atoms with Gasteiger partial charge in [0.2, 0.25) is 0 Å². The van der Waals surface area contributed by atoms with Crippen LogP contribution in [0.5, 0.6) is 0 Å². The first-order chi connectivity index (χ1) is 53.4. The molecule has 19 aromatic carbocycles. The minimum atomic E-state index is -0.0541. The van der Waals surface area contributed by atoms with Crippen molar-refractivity contribution in [2.24, 2.45) is 0 Å². The fourth-order valence-electron chi connectivity index (χ4n) is 19.8. The molecule has 0 unspecified atom stereocenters. The molecule has 0 fully saturated rings. The average molecular weight is 1390 g/mol. The minimum Gasteiger partial charge on any atom is -0.0619 e. The number of rotatable bonds is 7. The molecule has 0 heterocycles. The van der Waals surface area contributed by atoms with Gasteiger partial charge in [-0.3, -0.25) is 0 Å². The van der Waals surface area contributed by atoms with Crippen molar-refractivity contribution in [1.29, 1.82) is 0 Å². The summed E-state index contributed by atoms with van der Waals surface area (Å²) in [6.45, 7) is 14.2. The summed E-state index contributed by atoms with van der Waals surface area (Å²) in [5.41, 5.74) is 34.2. The van der Waals surface area contributed by atoms with Gasteiger partial charge in [0.15, 0.2) is 0 Å². The summed E-state index contributed by atoms with van der Waals surface area (Å²) in [7, 11) is 0. The zero-order valence-corrected chi connectivity index (χ0v) is 62.1. The summed E-state index contributed by atoms with van der Waals surface area (Å²) in [4.78, 5) is 0. The fourth-order valence-corrected chi connectivity index (χ4v) is 19.8. The van der Waals surface area contributed by atoms with Crippen LogP contribution < -0.4 is 0 Å². The molecule has 0 aromatic heterocycles. The van der Waals surface area contributed by atoms with E-state index in [-0.39, 0.29) is 16.2 Å². The van der Waals surface area contributed by atoms with Gasteiger partial charge in [0.1, 0.15) is 0 Å². The lowest BCUT2D eigenvalue weighted by atomic mass is 9.80. The molecule has 0 bridgehead atoms. The van der Waals surface area contributed by atoms with Gasteiger partial charge in [0.25, 0.3) is 0 Å². The Balaban J connectivity index is 0.000000139. The summed E-state index contributed by atoms with van der Waals surface area (Å²) in [5, 5.41) is 18.0. The van der Waals surface area contributed by atoms with Gasteiger partial charge in [-0.2, -0.15) is 0 Å². The number of benzene rings is 19. The Morgan fingerprint density at radius 3 is 0.899 bits per heavy atom. The van der Waals surface area contributed by atoms with Crippen molar-refractivity contribution in [2.75, 3.05) is 0 Å². The maximum Gasteiger partial charge on any atom is 0.0159 e. The molecule has 0 nitrogen and oxygen atoms in total. The van der Waals surface area contributed by atoms with E-state index in [1.54, 1.807) is 0 Å². The minimum absolute atomic E-state index is 0.0354. The third-order valence-corrected chi connectivity index (χ3v) is 25.2. The molecule has 0 atom stereocenters. The van der Waals surface area contributed by atoms with Crippen molar-refractivity contribution >= 4 is 75.4 Å². The molecule has 514 valence electrons. The fraction of sp³-hybridized carbons (Fsp3) is 0.0826. The maximum atomic E-state index is 2.47. The molecule has 0 N–H and O–H groups in total. The highest BCUT2D eigenvalue weighted by Gasteiger charge is 2.39. The standard InChI is InChI=1S/C55H38.C54H40/c1-55(2)50-32-31-39(34-49(50)54-41-18-6-4-15-37(41)30-33-51(54)55)35-26-28-38(29-27-35)52-45-21-9-11-23-47(45)53(48-24-12-10-22-46(48)52)44-20-8-7-19-43(44)42-25-13-16-36-14-3-5-17-40(36)42;1-53(2)47-29-27-36(31-45(47)52-38-14-6-5-13-34(38)26-30-48(52)53)33-21-23-35(24-22-33)50-41-16-7-9-18-43(41)51(44-19-10-8-17-42(44)50)37-25-28-40-39-15-11-12-20-46(39)54(3,4)49(40)32-37/h3-34H,1-2H3;5-32H,1-4H3. The predicted molar refractivity (Wildman–Crippen MR) is 466 cm³/mol. The van der Waals surface area contributed by atoms with Crippen molar-refractivity contribution in [3.05, 3.63) is 397 Å². The molecule has 0 spiro atoms. The Hall–Kier alpha value is -13.0. The molecule has 0 radical (unpaired) electrons.